The molecule has 3 nitrogen and oxygen atoms in total. The van der Waals surface area contributed by atoms with E-state index in [1.165, 1.54) is 0 Å². The molecule has 0 fully saturated rings. The van der Waals surface area contributed by atoms with Crippen LogP contribution in [-0.2, 0) is 6.42 Å². The van der Waals surface area contributed by atoms with Crippen molar-refractivity contribution in [2.45, 2.75) is 6.42 Å². The van der Waals surface area contributed by atoms with Crippen LogP contribution in [0.4, 0.5) is 0 Å². The normalized spacial score (nSPS) is 10.8. The SMILES string of the molecule is NCCc1nc2cccnc2s1. The lowest BCUT2D eigenvalue weighted by molar-refractivity contribution is 0.958. The summed E-state index contributed by atoms with van der Waals surface area (Å²) in [5.41, 5.74) is 6.41. The Morgan fingerprint density at radius 3 is 3.17 bits per heavy atom. The van der Waals surface area contributed by atoms with E-state index in [1.54, 1.807) is 17.5 Å². The molecule has 0 aliphatic carbocycles. The highest BCUT2D eigenvalue weighted by Crippen LogP contribution is 2.18. The Hall–Kier alpha value is -1.00. The van der Waals surface area contributed by atoms with Crippen LogP contribution in [0.3, 0.4) is 0 Å². The number of thiazole rings is 1. The highest BCUT2D eigenvalue weighted by molar-refractivity contribution is 7.18. The predicted octanol–water partition coefficient (Wildman–Crippen LogP) is 1.19. The lowest BCUT2D eigenvalue weighted by Crippen LogP contribution is -2.01. The second-order valence-electron chi connectivity index (χ2n) is 2.47. The molecule has 0 aliphatic rings. The molecule has 62 valence electrons. The first-order valence-electron chi connectivity index (χ1n) is 3.80. The van der Waals surface area contributed by atoms with Crippen molar-refractivity contribution in [3.8, 4) is 0 Å². The summed E-state index contributed by atoms with van der Waals surface area (Å²) in [6.45, 7) is 0.653. The molecule has 2 rings (SSSR count). The van der Waals surface area contributed by atoms with Crippen molar-refractivity contribution >= 4 is 21.7 Å². The summed E-state index contributed by atoms with van der Waals surface area (Å²) in [6, 6.07) is 3.87. The van der Waals surface area contributed by atoms with Gasteiger partial charge in [-0.15, -0.1) is 0 Å². The second kappa shape index (κ2) is 3.16. The van der Waals surface area contributed by atoms with Gasteiger partial charge in [0.1, 0.15) is 10.3 Å². The molecular formula is C8H9N3S. The van der Waals surface area contributed by atoms with Gasteiger partial charge in [-0.1, -0.05) is 11.3 Å². The standard InChI is InChI=1S/C8H9N3S/c9-4-3-7-11-6-2-1-5-10-8(6)12-7/h1-2,5H,3-4,9H2. The van der Waals surface area contributed by atoms with Gasteiger partial charge in [-0.05, 0) is 18.7 Å². The maximum Gasteiger partial charge on any atom is 0.143 e. The molecule has 0 atom stereocenters. The van der Waals surface area contributed by atoms with E-state index in [-0.39, 0.29) is 0 Å². The van der Waals surface area contributed by atoms with Crippen LogP contribution in [0, 0.1) is 0 Å². The van der Waals surface area contributed by atoms with Crippen LogP contribution in [0.25, 0.3) is 10.3 Å². The predicted molar refractivity (Wildman–Crippen MR) is 50.2 cm³/mol. The number of nitrogens with zero attached hydrogens (tertiary/aromatic N) is 2. The Kier molecular flexibility index (Phi) is 2.01. The Balaban J connectivity index is 2.47. The van der Waals surface area contributed by atoms with Crippen molar-refractivity contribution in [1.82, 2.24) is 9.97 Å². The largest absolute Gasteiger partial charge is 0.330 e. The summed E-state index contributed by atoms with van der Waals surface area (Å²) >= 11 is 1.62. The van der Waals surface area contributed by atoms with Gasteiger partial charge in [-0.25, -0.2) is 9.97 Å². The summed E-state index contributed by atoms with van der Waals surface area (Å²) < 4.78 is 0. The zero-order valence-electron chi connectivity index (χ0n) is 6.53. The monoisotopic (exact) mass is 179 g/mol. The Morgan fingerprint density at radius 2 is 2.42 bits per heavy atom. The lowest BCUT2D eigenvalue weighted by Gasteiger charge is -1.85. The maximum absolute atomic E-state index is 5.43. The second-order valence-corrected chi connectivity index (χ2v) is 3.54. The van der Waals surface area contributed by atoms with Crippen LogP contribution >= 0.6 is 11.3 Å². The number of hydrogen-bond donors (Lipinski definition) is 1. The number of nitrogens with two attached hydrogens (primary N) is 1. The van der Waals surface area contributed by atoms with E-state index in [0.29, 0.717) is 6.54 Å². The van der Waals surface area contributed by atoms with Crippen LogP contribution in [-0.4, -0.2) is 16.5 Å². The average molecular weight is 179 g/mol. The summed E-state index contributed by atoms with van der Waals surface area (Å²) in [5.74, 6) is 0. The van der Waals surface area contributed by atoms with E-state index >= 15 is 0 Å². The summed E-state index contributed by atoms with van der Waals surface area (Å²) in [4.78, 5) is 9.58. The Labute approximate surface area is 74.3 Å². The Bertz CT molecular complexity index is 349. The molecule has 0 saturated heterocycles. The molecular weight excluding hydrogens is 170 g/mol. The molecule has 0 radical (unpaired) electrons. The number of pyridine rings is 1. The Morgan fingerprint density at radius 1 is 1.50 bits per heavy atom. The van der Waals surface area contributed by atoms with Crippen molar-refractivity contribution in [1.29, 1.82) is 0 Å². The van der Waals surface area contributed by atoms with Gasteiger partial charge in [0.25, 0.3) is 0 Å². The van der Waals surface area contributed by atoms with Gasteiger partial charge in [0.2, 0.25) is 0 Å². The zero-order chi connectivity index (χ0) is 8.39. The first-order valence-corrected chi connectivity index (χ1v) is 4.62. The minimum Gasteiger partial charge on any atom is -0.330 e. The van der Waals surface area contributed by atoms with E-state index in [1.807, 2.05) is 12.1 Å². The van der Waals surface area contributed by atoms with Gasteiger partial charge in [-0.2, -0.15) is 0 Å². The lowest BCUT2D eigenvalue weighted by atomic mass is 10.4. The van der Waals surface area contributed by atoms with Crippen LogP contribution in [0.15, 0.2) is 18.3 Å². The van der Waals surface area contributed by atoms with Gasteiger partial charge in [-0.3, -0.25) is 0 Å². The molecule has 0 aliphatic heterocycles. The minimum absolute atomic E-state index is 0.653. The van der Waals surface area contributed by atoms with Crippen molar-refractivity contribution in [2.24, 2.45) is 5.73 Å². The topological polar surface area (TPSA) is 51.8 Å². The van der Waals surface area contributed by atoms with Gasteiger partial charge >= 0.3 is 0 Å². The number of aromatic nitrogens is 2. The molecule has 0 aromatic carbocycles. The number of fused-ring (bicyclic) bond motifs is 1. The van der Waals surface area contributed by atoms with Crippen molar-refractivity contribution < 1.29 is 0 Å². The van der Waals surface area contributed by atoms with Gasteiger partial charge in [0.15, 0.2) is 0 Å². The summed E-state index contributed by atoms with van der Waals surface area (Å²) in [7, 11) is 0. The smallest absolute Gasteiger partial charge is 0.143 e. The third-order valence-corrected chi connectivity index (χ3v) is 2.61. The third-order valence-electron chi connectivity index (χ3n) is 1.57. The molecule has 12 heavy (non-hydrogen) atoms. The van der Waals surface area contributed by atoms with Crippen molar-refractivity contribution in [3.05, 3.63) is 23.3 Å². The zero-order valence-corrected chi connectivity index (χ0v) is 7.34. The molecule has 4 heteroatoms. The maximum atomic E-state index is 5.43. The highest BCUT2D eigenvalue weighted by Gasteiger charge is 2.01. The van der Waals surface area contributed by atoms with Crippen LogP contribution < -0.4 is 5.73 Å². The van der Waals surface area contributed by atoms with Crippen LogP contribution in [0.5, 0.6) is 0 Å². The van der Waals surface area contributed by atoms with E-state index < -0.39 is 0 Å². The third kappa shape index (κ3) is 1.31. The average Bonchev–Trinajstić information content (AvgIpc) is 2.47. The van der Waals surface area contributed by atoms with Crippen molar-refractivity contribution in [2.75, 3.05) is 6.54 Å². The molecule has 0 amide bonds. The fourth-order valence-corrected chi connectivity index (χ4v) is 1.96. The quantitative estimate of drug-likeness (QED) is 0.753. The molecule has 0 bridgehead atoms. The van der Waals surface area contributed by atoms with Crippen LogP contribution in [0.1, 0.15) is 5.01 Å². The van der Waals surface area contributed by atoms with E-state index in [2.05, 4.69) is 9.97 Å². The summed E-state index contributed by atoms with van der Waals surface area (Å²) in [6.07, 6.45) is 2.63. The first-order chi connectivity index (χ1) is 5.90. The van der Waals surface area contributed by atoms with Crippen molar-refractivity contribution in [3.63, 3.8) is 0 Å². The fourth-order valence-electron chi connectivity index (χ4n) is 1.05. The molecule has 2 aromatic rings. The molecule has 0 spiro atoms. The molecule has 2 heterocycles. The van der Waals surface area contributed by atoms with Gasteiger partial charge in [0, 0.05) is 12.6 Å². The summed E-state index contributed by atoms with van der Waals surface area (Å²) in [5, 5.41) is 1.08. The fraction of sp³-hybridized carbons (Fsp3) is 0.250. The number of hydrogen-bond acceptors (Lipinski definition) is 4. The van der Waals surface area contributed by atoms with Crippen LogP contribution in [0.2, 0.25) is 0 Å². The molecule has 2 aromatic heterocycles. The van der Waals surface area contributed by atoms with Gasteiger partial charge < -0.3 is 5.73 Å². The minimum atomic E-state index is 0.653. The van der Waals surface area contributed by atoms with E-state index in [4.69, 9.17) is 5.73 Å². The van der Waals surface area contributed by atoms with Gasteiger partial charge in [0.05, 0.1) is 5.01 Å². The molecule has 0 saturated carbocycles. The van der Waals surface area contributed by atoms with E-state index in [9.17, 15) is 0 Å². The first kappa shape index (κ1) is 7.64. The molecule has 2 N–H and O–H groups in total. The van der Waals surface area contributed by atoms with E-state index in [0.717, 1.165) is 21.8 Å². The highest BCUT2D eigenvalue weighted by atomic mass is 32.1. The number of rotatable bonds is 2. The molecule has 0 unspecified atom stereocenters.